The van der Waals surface area contributed by atoms with E-state index >= 15 is 0 Å². The molecule has 1 rings (SSSR count). The van der Waals surface area contributed by atoms with Crippen molar-refractivity contribution < 1.29 is 22.7 Å². The fourth-order valence-corrected chi connectivity index (χ4v) is 2.56. The van der Waals surface area contributed by atoms with Crippen molar-refractivity contribution in [3.05, 3.63) is 0 Å². The van der Waals surface area contributed by atoms with Crippen LogP contribution in [0.2, 0.25) is 0 Å². The summed E-state index contributed by atoms with van der Waals surface area (Å²) in [6, 6.07) is 0. The number of rotatable bonds is 7. The Labute approximate surface area is 117 Å². The van der Waals surface area contributed by atoms with E-state index in [0.29, 0.717) is 6.42 Å². The van der Waals surface area contributed by atoms with Crippen molar-refractivity contribution in [3.63, 3.8) is 0 Å². The van der Waals surface area contributed by atoms with Gasteiger partial charge in [-0.15, -0.1) is 0 Å². The molecule has 4 nitrogen and oxygen atoms in total. The van der Waals surface area contributed by atoms with Crippen LogP contribution in [0.4, 0.5) is 13.2 Å². The summed E-state index contributed by atoms with van der Waals surface area (Å²) in [4.78, 5) is 11.8. The number of carbonyl (C=O) groups excluding carboxylic acids is 1. The molecule has 0 heterocycles. The van der Waals surface area contributed by atoms with Gasteiger partial charge in [-0.1, -0.05) is 19.3 Å². The van der Waals surface area contributed by atoms with Crippen molar-refractivity contribution in [2.45, 2.75) is 50.2 Å². The molecule has 0 unspecified atom stereocenters. The predicted molar refractivity (Wildman–Crippen MR) is 69.4 cm³/mol. The molecule has 2 N–H and O–H groups in total. The zero-order chi connectivity index (χ0) is 15.1. The Kier molecular flexibility index (Phi) is 6.75. The number of halogens is 3. The molecule has 0 bridgehead atoms. The molecule has 0 aromatic heterocycles. The first-order chi connectivity index (χ1) is 9.37. The summed E-state index contributed by atoms with van der Waals surface area (Å²) in [5.41, 5.74) is -0.158. The van der Waals surface area contributed by atoms with Gasteiger partial charge in [-0.25, -0.2) is 0 Å². The highest BCUT2D eigenvalue weighted by Gasteiger charge is 2.32. The van der Waals surface area contributed by atoms with Crippen LogP contribution in [-0.4, -0.2) is 44.4 Å². The number of alkyl halides is 3. The van der Waals surface area contributed by atoms with Gasteiger partial charge in [0.1, 0.15) is 6.61 Å². The van der Waals surface area contributed by atoms with Crippen LogP contribution in [0.1, 0.15) is 38.5 Å². The topological polar surface area (TPSA) is 50.4 Å². The summed E-state index contributed by atoms with van der Waals surface area (Å²) in [6.07, 6.45) is 1.36. The molecule has 1 amide bonds. The SMILES string of the molecule is CNC1(CC(=O)NCCOCC(F)(F)F)CCCCC1. The first-order valence-corrected chi connectivity index (χ1v) is 6.97. The molecule has 7 heteroatoms. The van der Waals surface area contributed by atoms with Crippen LogP contribution in [0.15, 0.2) is 0 Å². The Balaban J connectivity index is 2.19. The van der Waals surface area contributed by atoms with Gasteiger partial charge in [-0.05, 0) is 19.9 Å². The molecule has 1 aliphatic carbocycles. The lowest BCUT2D eigenvalue weighted by Gasteiger charge is -2.36. The third-order valence-corrected chi connectivity index (χ3v) is 3.67. The van der Waals surface area contributed by atoms with Gasteiger partial charge >= 0.3 is 6.18 Å². The first kappa shape index (κ1) is 17.2. The Hall–Kier alpha value is -0.820. The Morgan fingerprint density at radius 1 is 1.25 bits per heavy atom. The van der Waals surface area contributed by atoms with Gasteiger partial charge in [0.05, 0.1) is 6.61 Å². The molecule has 0 aromatic carbocycles. The molecule has 1 aliphatic rings. The van der Waals surface area contributed by atoms with Crippen molar-refractivity contribution in [1.82, 2.24) is 10.6 Å². The maximum Gasteiger partial charge on any atom is 0.411 e. The zero-order valence-corrected chi connectivity index (χ0v) is 11.8. The summed E-state index contributed by atoms with van der Waals surface area (Å²) >= 11 is 0. The lowest BCUT2D eigenvalue weighted by molar-refractivity contribution is -0.173. The van der Waals surface area contributed by atoms with Crippen molar-refractivity contribution in [2.75, 3.05) is 26.8 Å². The van der Waals surface area contributed by atoms with E-state index in [-0.39, 0.29) is 24.6 Å². The normalized spacial score (nSPS) is 18.8. The van der Waals surface area contributed by atoms with Gasteiger partial charge in [-0.2, -0.15) is 13.2 Å². The number of hydrogen-bond acceptors (Lipinski definition) is 3. The molecule has 20 heavy (non-hydrogen) atoms. The largest absolute Gasteiger partial charge is 0.411 e. The van der Waals surface area contributed by atoms with E-state index in [2.05, 4.69) is 15.4 Å². The summed E-state index contributed by atoms with van der Waals surface area (Å²) in [6.45, 7) is -1.30. The van der Waals surface area contributed by atoms with E-state index in [9.17, 15) is 18.0 Å². The molecular weight excluding hydrogens is 273 g/mol. The number of amides is 1. The maximum absolute atomic E-state index is 11.8. The minimum Gasteiger partial charge on any atom is -0.370 e. The van der Waals surface area contributed by atoms with Gasteiger partial charge < -0.3 is 15.4 Å². The molecule has 0 radical (unpaired) electrons. The van der Waals surface area contributed by atoms with Crippen LogP contribution in [0, 0.1) is 0 Å². The molecule has 0 saturated heterocycles. The Morgan fingerprint density at radius 3 is 2.45 bits per heavy atom. The average molecular weight is 296 g/mol. The number of ether oxygens (including phenoxy) is 1. The fourth-order valence-electron chi connectivity index (χ4n) is 2.56. The van der Waals surface area contributed by atoms with Crippen LogP contribution in [0.5, 0.6) is 0 Å². The van der Waals surface area contributed by atoms with E-state index in [0.717, 1.165) is 25.7 Å². The number of carbonyl (C=O) groups is 1. The van der Waals surface area contributed by atoms with Crippen LogP contribution in [0.3, 0.4) is 0 Å². The summed E-state index contributed by atoms with van der Waals surface area (Å²) < 4.78 is 39.9. The van der Waals surface area contributed by atoms with Crippen molar-refractivity contribution >= 4 is 5.91 Å². The van der Waals surface area contributed by atoms with E-state index in [1.807, 2.05) is 7.05 Å². The second-order valence-corrected chi connectivity index (χ2v) is 5.29. The summed E-state index contributed by atoms with van der Waals surface area (Å²) in [7, 11) is 1.85. The Bertz CT molecular complexity index is 302. The van der Waals surface area contributed by atoms with Gasteiger partial charge in [0.15, 0.2) is 0 Å². The fraction of sp³-hybridized carbons (Fsp3) is 0.923. The monoisotopic (exact) mass is 296 g/mol. The lowest BCUT2D eigenvalue weighted by Crippen LogP contribution is -2.48. The minimum atomic E-state index is -4.32. The lowest BCUT2D eigenvalue weighted by atomic mass is 9.79. The molecular formula is C13H23F3N2O2. The van der Waals surface area contributed by atoms with Crippen molar-refractivity contribution in [1.29, 1.82) is 0 Å². The third kappa shape index (κ3) is 6.56. The van der Waals surface area contributed by atoms with E-state index in [1.54, 1.807) is 0 Å². The smallest absolute Gasteiger partial charge is 0.370 e. The average Bonchev–Trinajstić information content (AvgIpc) is 2.38. The van der Waals surface area contributed by atoms with Crippen molar-refractivity contribution in [3.8, 4) is 0 Å². The highest BCUT2D eigenvalue weighted by molar-refractivity contribution is 5.77. The molecule has 1 saturated carbocycles. The molecule has 0 aromatic rings. The van der Waals surface area contributed by atoms with Crippen LogP contribution in [0.25, 0.3) is 0 Å². The standard InChI is InChI=1S/C13H23F3N2O2/c1-17-12(5-3-2-4-6-12)9-11(19)18-7-8-20-10-13(14,15)16/h17H,2-10H2,1H3,(H,18,19). The third-order valence-electron chi connectivity index (χ3n) is 3.67. The summed E-state index contributed by atoms with van der Waals surface area (Å²) in [5, 5.41) is 5.83. The second kappa shape index (κ2) is 7.83. The maximum atomic E-state index is 11.8. The first-order valence-electron chi connectivity index (χ1n) is 6.97. The summed E-state index contributed by atoms with van der Waals surface area (Å²) in [5.74, 6) is -0.142. The van der Waals surface area contributed by atoms with E-state index in [1.165, 1.54) is 6.42 Å². The highest BCUT2D eigenvalue weighted by atomic mass is 19.4. The Morgan fingerprint density at radius 2 is 1.90 bits per heavy atom. The second-order valence-electron chi connectivity index (χ2n) is 5.29. The van der Waals surface area contributed by atoms with Crippen LogP contribution in [-0.2, 0) is 9.53 Å². The van der Waals surface area contributed by atoms with Crippen molar-refractivity contribution in [2.24, 2.45) is 0 Å². The van der Waals surface area contributed by atoms with Gasteiger partial charge in [-0.3, -0.25) is 4.79 Å². The van der Waals surface area contributed by atoms with Crippen LogP contribution >= 0.6 is 0 Å². The van der Waals surface area contributed by atoms with E-state index in [4.69, 9.17) is 0 Å². The van der Waals surface area contributed by atoms with Gasteiger partial charge in [0.25, 0.3) is 0 Å². The van der Waals surface area contributed by atoms with Crippen LogP contribution < -0.4 is 10.6 Å². The molecule has 0 aliphatic heterocycles. The number of hydrogen-bond donors (Lipinski definition) is 2. The quantitative estimate of drug-likeness (QED) is 0.707. The molecule has 1 fully saturated rings. The number of nitrogens with one attached hydrogen (secondary N) is 2. The van der Waals surface area contributed by atoms with E-state index < -0.39 is 12.8 Å². The molecule has 118 valence electrons. The molecule has 0 spiro atoms. The van der Waals surface area contributed by atoms with Gasteiger partial charge in [0.2, 0.25) is 5.91 Å². The molecule has 0 atom stereocenters. The zero-order valence-electron chi connectivity index (χ0n) is 11.8. The predicted octanol–water partition coefficient (Wildman–Crippen LogP) is 1.99. The van der Waals surface area contributed by atoms with Gasteiger partial charge in [0, 0.05) is 18.5 Å². The highest BCUT2D eigenvalue weighted by Crippen LogP contribution is 2.30. The minimum absolute atomic E-state index is 0.106.